The molecule has 1 heterocycles. The molecule has 0 atom stereocenters. The summed E-state index contributed by atoms with van der Waals surface area (Å²) < 4.78 is 1.95. The van der Waals surface area contributed by atoms with E-state index in [1.807, 2.05) is 23.7 Å². The fourth-order valence-electron chi connectivity index (χ4n) is 2.44. The molecule has 0 spiro atoms. The molecule has 118 valence electrons. The summed E-state index contributed by atoms with van der Waals surface area (Å²) in [6, 6.07) is 0.449. The smallest absolute Gasteiger partial charge is 0.230 e. The minimum atomic E-state index is 0.0711. The average Bonchev–Trinajstić information content (AvgIpc) is 3.08. The first-order valence-electron chi connectivity index (χ1n) is 7.42. The highest BCUT2D eigenvalue weighted by atomic mass is 32.2. The molecule has 0 radical (unpaired) electrons. The summed E-state index contributed by atoms with van der Waals surface area (Å²) in [5.41, 5.74) is 0. The first-order chi connectivity index (χ1) is 10.2. The fourth-order valence-corrected chi connectivity index (χ4v) is 3.21. The third-order valence-electron chi connectivity index (χ3n) is 3.58. The summed E-state index contributed by atoms with van der Waals surface area (Å²) in [6.45, 7) is 1.54. The second-order valence-corrected chi connectivity index (χ2v) is 6.61. The van der Waals surface area contributed by atoms with E-state index >= 15 is 0 Å². The van der Waals surface area contributed by atoms with Crippen LogP contribution in [0.1, 0.15) is 37.5 Å². The van der Waals surface area contributed by atoms with E-state index in [4.69, 9.17) is 0 Å². The molecule has 0 saturated heterocycles. The Balaban J connectivity index is 1.69. The SMILES string of the molecule is CN(C)CCNC(=O)CSCc1nnnn1C1CCCC1. The molecular formula is C13H24N6OS. The Kier molecular flexibility index (Phi) is 6.44. The molecule has 1 fully saturated rings. The molecule has 0 bridgehead atoms. The van der Waals surface area contributed by atoms with E-state index in [0.29, 0.717) is 24.1 Å². The summed E-state index contributed by atoms with van der Waals surface area (Å²) >= 11 is 1.56. The predicted octanol–water partition coefficient (Wildman–Crippen LogP) is 0.699. The number of thioether (sulfide) groups is 1. The molecule has 7 nitrogen and oxygen atoms in total. The molecule has 1 aliphatic rings. The van der Waals surface area contributed by atoms with Crippen LogP contribution in [0, 0.1) is 0 Å². The normalized spacial score (nSPS) is 15.8. The van der Waals surface area contributed by atoms with Crippen LogP contribution in [0.2, 0.25) is 0 Å². The number of rotatable bonds is 8. The van der Waals surface area contributed by atoms with Crippen molar-refractivity contribution in [2.75, 3.05) is 32.9 Å². The van der Waals surface area contributed by atoms with E-state index in [9.17, 15) is 4.79 Å². The van der Waals surface area contributed by atoms with Crippen molar-refractivity contribution in [3.8, 4) is 0 Å². The largest absolute Gasteiger partial charge is 0.354 e. The predicted molar refractivity (Wildman–Crippen MR) is 83.0 cm³/mol. The Hall–Kier alpha value is -1.15. The quantitative estimate of drug-likeness (QED) is 0.761. The zero-order valence-corrected chi connectivity index (χ0v) is 13.6. The molecule has 1 aliphatic carbocycles. The number of nitrogens with one attached hydrogen (secondary N) is 1. The van der Waals surface area contributed by atoms with Gasteiger partial charge in [0.1, 0.15) is 0 Å². The highest BCUT2D eigenvalue weighted by molar-refractivity contribution is 7.99. The second kappa shape index (κ2) is 8.33. The fraction of sp³-hybridized carbons (Fsp3) is 0.846. The third-order valence-corrected chi connectivity index (χ3v) is 4.51. The molecule has 1 saturated carbocycles. The van der Waals surface area contributed by atoms with Crippen molar-refractivity contribution in [2.45, 2.75) is 37.5 Å². The summed E-state index contributed by atoms with van der Waals surface area (Å²) in [6.07, 6.45) is 4.83. The monoisotopic (exact) mass is 312 g/mol. The van der Waals surface area contributed by atoms with E-state index in [2.05, 4.69) is 20.8 Å². The van der Waals surface area contributed by atoms with Gasteiger partial charge in [-0.2, -0.15) is 0 Å². The maximum absolute atomic E-state index is 11.7. The van der Waals surface area contributed by atoms with Crippen molar-refractivity contribution in [2.24, 2.45) is 0 Å². The molecule has 8 heteroatoms. The number of likely N-dealkylation sites (N-methyl/N-ethyl adjacent to an activating group) is 1. The maximum Gasteiger partial charge on any atom is 0.230 e. The molecule has 1 aromatic heterocycles. The van der Waals surface area contributed by atoms with Crippen LogP contribution in [-0.4, -0.2) is 64.0 Å². The molecule has 0 unspecified atom stereocenters. The van der Waals surface area contributed by atoms with E-state index in [-0.39, 0.29) is 5.91 Å². The minimum Gasteiger partial charge on any atom is -0.354 e. The van der Waals surface area contributed by atoms with Gasteiger partial charge in [-0.05, 0) is 37.4 Å². The van der Waals surface area contributed by atoms with E-state index < -0.39 is 0 Å². The van der Waals surface area contributed by atoms with Crippen LogP contribution in [0.4, 0.5) is 0 Å². The zero-order chi connectivity index (χ0) is 15.1. The lowest BCUT2D eigenvalue weighted by atomic mass is 10.2. The lowest BCUT2D eigenvalue weighted by molar-refractivity contribution is -0.118. The Morgan fingerprint density at radius 3 is 2.90 bits per heavy atom. The molecule has 1 N–H and O–H groups in total. The van der Waals surface area contributed by atoms with Gasteiger partial charge in [-0.3, -0.25) is 4.79 Å². The topological polar surface area (TPSA) is 75.9 Å². The number of carbonyl (C=O) groups excluding carboxylic acids is 1. The van der Waals surface area contributed by atoms with Crippen molar-refractivity contribution in [1.82, 2.24) is 30.4 Å². The first kappa shape index (κ1) is 16.2. The molecule has 0 aromatic carbocycles. The van der Waals surface area contributed by atoms with Gasteiger partial charge in [-0.1, -0.05) is 12.8 Å². The van der Waals surface area contributed by atoms with Gasteiger partial charge in [0.05, 0.1) is 17.5 Å². The second-order valence-electron chi connectivity index (χ2n) is 5.62. The third kappa shape index (κ3) is 5.28. The van der Waals surface area contributed by atoms with Gasteiger partial charge in [-0.15, -0.1) is 16.9 Å². The Bertz CT molecular complexity index is 444. The van der Waals surface area contributed by atoms with Gasteiger partial charge < -0.3 is 10.2 Å². The van der Waals surface area contributed by atoms with Gasteiger partial charge in [0.2, 0.25) is 5.91 Å². The molecule has 2 rings (SSSR count). The number of nitrogens with zero attached hydrogens (tertiary/aromatic N) is 5. The zero-order valence-electron chi connectivity index (χ0n) is 12.8. The van der Waals surface area contributed by atoms with Crippen molar-refractivity contribution >= 4 is 17.7 Å². The summed E-state index contributed by atoms with van der Waals surface area (Å²) in [5.74, 6) is 2.09. The number of hydrogen-bond acceptors (Lipinski definition) is 6. The van der Waals surface area contributed by atoms with Crippen LogP contribution >= 0.6 is 11.8 Å². The Labute approximate surface area is 129 Å². The van der Waals surface area contributed by atoms with Crippen molar-refractivity contribution in [3.63, 3.8) is 0 Å². The Morgan fingerprint density at radius 1 is 1.43 bits per heavy atom. The van der Waals surface area contributed by atoms with Crippen molar-refractivity contribution < 1.29 is 4.79 Å². The van der Waals surface area contributed by atoms with E-state index in [0.717, 1.165) is 25.2 Å². The summed E-state index contributed by atoms with van der Waals surface area (Å²) in [5, 5.41) is 14.9. The number of tetrazole rings is 1. The van der Waals surface area contributed by atoms with Gasteiger partial charge in [0.15, 0.2) is 5.82 Å². The van der Waals surface area contributed by atoms with E-state index in [1.165, 1.54) is 12.8 Å². The summed E-state index contributed by atoms with van der Waals surface area (Å²) in [4.78, 5) is 13.7. The van der Waals surface area contributed by atoms with Crippen LogP contribution < -0.4 is 5.32 Å². The van der Waals surface area contributed by atoms with Gasteiger partial charge in [-0.25, -0.2) is 4.68 Å². The first-order valence-corrected chi connectivity index (χ1v) is 8.58. The van der Waals surface area contributed by atoms with Crippen molar-refractivity contribution in [3.05, 3.63) is 5.82 Å². The van der Waals surface area contributed by atoms with Crippen molar-refractivity contribution in [1.29, 1.82) is 0 Å². The van der Waals surface area contributed by atoms with Gasteiger partial charge in [0, 0.05) is 13.1 Å². The number of aromatic nitrogens is 4. The Morgan fingerprint density at radius 2 is 2.19 bits per heavy atom. The van der Waals surface area contributed by atoms with Crippen LogP contribution in [-0.2, 0) is 10.5 Å². The highest BCUT2D eigenvalue weighted by Gasteiger charge is 2.21. The molecule has 0 aliphatic heterocycles. The molecular weight excluding hydrogens is 288 g/mol. The lowest BCUT2D eigenvalue weighted by Crippen LogP contribution is -2.32. The van der Waals surface area contributed by atoms with E-state index in [1.54, 1.807) is 11.8 Å². The summed E-state index contributed by atoms with van der Waals surface area (Å²) in [7, 11) is 3.98. The molecule has 1 aromatic rings. The lowest BCUT2D eigenvalue weighted by Gasteiger charge is -2.11. The number of carbonyl (C=O) groups is 1. The average molecular weight is 312 g/mol. The molecule has 1 amide bonds. The van der Waals surface area contributed by atoms with Crippen LogP contribution in [0.5, 0.6) is 0 Å². The van der Waals surface area contributed by atoms with Crippen LogP contribution in [0.25, 0.3) is 0 Å². The number of hydrogen-bond donors (Lipinski definition) is 1. The highest BCUT2D eigenvalue weighted by Crippen LogP contribution is 2.29. The maximum atomic E-state index is 11.7. The minimum absolute atomic E-state index is 0.0711. The van der Waals surface area contributed by atoms with Crippen LogP contribution in [0.15, 0.2) is 0 Å². The van der Waals surface area contributed by atoms with Gasteiger partial charge in [0.25, 0.3) is 0 Å². The van der Waals surface area contributed by atoms with Crippen LogP contribution in [0.3, 0.4) is 0 Å². The van der Waals surface area contributed by atoms with Gasteiger partial charge >= 0.3 is 0 Å². The standard InChI is InChI=1S/C13H24N6OS/c1-18(2)8-7-14-13(20)10-21-9-12-15-16-17-19(12)11-5-3-4-6-11/h11H,3-10H2,1-2H3,(H,14,20). The molecule has 21 heavy (non-hydrogen) atoms. The number of amides is 1.